The van der Waals surface area contributed by atoms with E-state index in [1.807, 2.05) is 0 Å². The Kier molecular flexibility index (Phi) is 6.65. The first kappa shape index (κ1) is 15.4. The van der Waals surface area contributed by atoms with E-state index in [0.717, 1.165) is 13.1 Å². The molecule has 0 aromatic rings. The molecule has 0 unspecified atom stereocenters. The van der Waals surface area contributed by atoms with Crippen LogP contribution in [0.1, 0.15) is 51.9 Å². The van der Waals surface area contributed by atoms with Crippen molar-refractivity contribution in [1.82, 2.24) is 10.2 Å². The van der Waals surface area contributed by atoms with E-state index < -0.39 is 0 Å². The van der Waals surface area contributed by atoms with Crippen LogP contribution in [0.25, 0.3) is 0 Å². The van der Waals surface area contributed by atoms with Gasteiger partial charge in [0.25, 0.3) is 0 Å². The van der Waals surface area contributed by atoms with E-state index in [-0.39, 0.29) is 11.4 Å². The van der Waals surface area contributed by atoms with Gasteiger partial charge in [-0.25, -0.2) is 0 Å². The minimum atomic E-state index is 0.120. The number of carbonyl (C=O) groups is 1. The quantitative estimate of drug-likeness (QED) is 0.707. The zero-order valence-electron chi connectivity index (χ0n) is 12.0. The predicted molar refractivity (Wildman–Crippen MR) is 75.4 cm³/mol. The average molecular weight is 255 g/mol. The van der Waals surface area contributed by atoms with E-state index in [4.69, 9.17) is 5.73 Å². The van der Waals surface area contributed by atoms with E-state index in [2.05, 4.69) is 17.1 Å². The second-order valence-corrected chi connectivity index (χ2v) is 5.35. The summed E-state index contributed by atoms with van der Waals surface area (Å²) in [6.45, 7) is 4.70. The molecule has 4 heteroatoms. The van der Waals surface area contributed by atoms with Crippen LogP contribution in [0.2, 0.25) is 0 Å². The monoisotopic (exact) mass is 255 g/mol. The standard InChI is InChI=1S/C14H29N3O/c1-3-17(11-8-13(18)16-2)14(12-15)9-6-4-5-7-10-14/h3-12,15H2,1-2H3,(H,16,18). The van der Waals surface area contributed by atoms with Gasteiger partial charge >= 0.3 is 0 Å². The summed E-state index contributed by atoms with van der Waals surface area (Å²) in [7, 11) is 1.70. The van der Waals surface area contributed by atoms with Crippen LogP contribution in [0.5, 0.6) is 0 Å². The Morgan fingerprint density at radius 1 is 1.28 bits per heavy atom. The molecule has 1 aliphatic rings. The fourth-order valence-corrected chi connectivity index (χ4v) is 3.13. The van der Waals surface area contributed by atoms with Gasteiger partial charge in [-0.3, -0.25) is 9.69 Å². The summed E-state index contributed by atoms with van der Waals surface area (Å²) in [5.41, 5.74) is 6.22. The minimum absolute atomic E-state index is 0.120. The molecule has 1 saturated carbocycles. The maximum Gasteiger partial charge on any atom is 0.221 e. The van der Waals surface area contributed by atoms with Crippen LogP contribution in [0, 0.1) is 0 Å². The van der Waals surface area contributed by atoms with Crippen LogP contribution < -0.4 is 11.1 Å². The minimum Gasteiger partial charge on any atom is -0.359 e. The van der Waals surface area contributed by atoms with Gasteiger partial charge in [0.15, 0.2) is 0 Å². The maximum atomic E-state index is 11.4. The van der Waals surface area contributed by atoms with Gasteiger partial charge in [-0.15, -0.1) is 0 Å². The molecule has 106 valence electrons. The molecular weight excluding hydrogens is 226 g/mol. The highest BCUT2D eigenvalue weighted by Crippen LogP contribution is 2.31. The van der Waals surface area contributed by atoms with Crippen molar-refractivity contribution in [3.63, 3.8) is 0 Å². The van der Waals surface area contributed by atoms with Crippen molar-refractivity contribution in [3.8, 4) is 0 Å². The molecule has 1 aliphatic carbocycles. The molecule has 1 fully saturated rings. The molecule has 1 amide bonds. The summed E-state index contributed by atoms with van der Waals surface area (Å²) < 4.78 is 0. The van der Waals surface area contributed by atoms with Gasteiger partial charge in [0.2, 0.25) is 5.91 Å². The highest BCUT2D eigenvalue weighted by molar-refractivity contribution is 5.75. The molecule has 0 radical (unpaired) electrons. The fourth-order valence-electron chi connectivity index (χ4n) is 3.13. The van der Waals surface area contributed by atoms with Gasteiger partial charge in [-0.2, -0.15) is 0 Å². The largest absolute Gasteiger partial charge is 0.359 e. The summed E-state index contributed by atoms with van der Waals surface area (Å²) in [6.07, 6.45) is 8.15. The third-order valence-corrected chi connectivity index (χ3v) is 4.35. The molecular formula is C14H29N3O. The Morgan fingerprint density at radius 2 is 1.89 bits per heavy atom. The number of rotatable bonds is 6. The second kappa shape index (κ2) is 7.74. The molecule has 1 rings (SSSR count). The summed E-state index contributed by atoms with van der Waals surface area (Å²) >= 11 is 0. The topological polar surface area (TPSA) is 58.4 Å². The van der Waals surface area contributed by atoms with Gasteiger partial charge in [0.05, 0.1) is 0 Å². The predicted octanol–water partition coefficient (Wildman–Crippen LogP) is 1.50. The Balaban J connectivity index is 2.65. The summed E-state index contributed by atoms with van der Waals surface area (Å²) in [5.74, 6) is 0.120. The molecule has 0 heterocycles. The lowest BCUT2D eigenvalue weighted by atomic mass is 9.88. The molecule has 0 spiro atoms. The first-order valence-corrected chi connectivity index (χ1v) is 7.34. The number of carbonyl (C=O) groups excluding carboxylic acids is 1. The third-order valence-electron chi connectivity index (χ3n) is 4.35. The zero-order chi connectivity index (χ0) is 13.4. The van der Waals surface area contributed by atoms with Crippen molar-refractivity contribution in [1.29, 1.82) is 0 Å². The summed E-state index contributed by atoms with van der Waals surface area (Å²) in [4.78, 5) is 13.8. The van der Waals surface area contributed by atoms with Crippen molar-refractivity contribution in [2.24, 2.45) is 5.73 Å². The Bertz CT molecular complexity index is 247. The molecule has 18 heavy (non-hydrogen) atoms. The lowest BCUT2D eigenvalue weighted by molar-refractivity contribution is -0.121. The normalized spacial score (nSPS) is 19.6. The number of amides is 1. The van der Waals surface area contributed by atoms with Crippen LogP contribution in [-0.4, -0.2) is 43.0 Å². The lowest BCUT2D eigenvalue weighted by Crippen LogP contribution is -2.54. The van der Waals surface area contributed by atoms with Gasteiger partial charge in [0.1, 0.15) is 0 Å². The van der Waals surface area contributed by atoms with Crippen molar-refractivity contribution in [2.75, 3.05) is 26.7 Å². The Labute approximate surface area is 111 Å². The van der Waals surface area contributed by atoms with E-state index in [1.54, 1.807) is 7.05 Å². The smallest absolute Gasteiger partial charge is 0.221 e. The summed E-state index contributed by atoms with van der Waals surface area (Å²) in [6, 6.07) is 0. The fraction of sp³-hybridized carbons (Fsp3) is 0.929. The molecule has 0 atom stereocenters. The number of nitrogens with zero attached hydrogens (tertiary/aromatic N) is 1. The second-order valence-electron chi connectivity index (χ2n) is 5.35. The van der Waals surface area contributed by atoms with Crippen LogP contribution in [0.15, 0.2) is 0 Å². The molecule has 0 saturated heterocycles. The average Bonchev–Trinajstić information content (AvgIpc) is 2.65. The van der Waals surface area contributed by atoms with Crippen LogP contribution in [0.4, 0.5) is 0 Å². The molecule has 0 aliphatic heterocycles. The molecule has 4 nitrogen and oxygen atoms in total. The number of likely N-dealkylation sites (N-methyl/N-ethyl adjacent to an activating group) is 1. The van der Waals surface area contributed by atoms with Gasteiger partial charge < -0.3 is 11.1 Å². The van der Waals surface area contributed by atoms with Crippen molar-refractivity contribution >= 4 is 5.91 Å². The first-order valence-electron chi connectivity index (χ1n) is 7.34. The van der Waals surface area contributed by atoms with Crippen LogP contribution >= 0.6 is 0 Å². The number of nitrogens with one attached hydrogen (secondary N) is 1. The third kappa shape index (κ3) is 3.95. The Hall–Kier alpha value is -0.610. The molecule has 0 aromatic carbocycles. The van der Waals surface area contributed by atoms with E-state index in [1.165, 1.54) is 38.5 Å². The van der Waals surface area contributed by atoms with Crippen molar-refractivity contribution < 1.29 is 4.79 Å². The highest BCUT2D eigenvalue weighted by Gasteiger charge is 2.34. The van der Waals surface area contributed by atoms with Crippen LogP contribution in [-0.2, 0) is 4.79 Å². The van der Waals surface area contributed by atoms with Gasteiger partial charge in [-0.05, 0) is 19.4 Å². The number of hydrogen-bond donors (Lipinski definition) is 2. The Morgan fingerprint density at radius 3 is 2.33 bits per heavy atom. The summed E-state index contributed by atoms with van der Waals surface area (Å²) in [5, 5.41) is 2.69. The highest BCUT2D eigenvalue weighted by atomic mass is 16.1. The SMILES string of the molecule is CCN(CCC(=O)NC)C1(CN)CCCCCC1. The zero-order valence-corrected chi connectivity index (χ0v) is 12.0. The first-order chi connectivity index (χ1) is 8.68. The molecule has 0 aromatic heterocycles. The van der Waals surface area contributed by atoms with E-state index >= 15 is 0 Å². The lowest BCUT2D eigenvalue weighted by Gasteiger charge is -2.42. The van der Waals surface area contributed by atoms with Crippen LogP contribution in [0.3, 0.4) is 0 Å². The van der Waals surface area contributed by atoms with Gasteiger partial charge in [0, 0.05) is 32.1 Å². The van der Waals surface area contributed by atoms with Crippen molar-refractivity contribution in [3.05, 3.63) is 0 Å². The van der Waals surface area contributed by atoms with Gasteiger partial charge in [-0.1, -0.05) is 32.6 Å². The van der Waals surface area contributed by atoms with E-state index in [0.29, 0.717) is 13.0 Å². The molecule has 3 N–H and O–H groups in total. The maximum absolute atomic E-state index is 11.4. The number of nitrogens with two attached hydrogens (primary N) is 1. The van der Waals surface area contributed by atoms with E-state index in [9.17, 15) is 4.79 Å². The number of hydrogen-bond acceptors (Lipinski definition) is 3. The van der Waals surface area contributed by atoms with Crippen molar-refractivity contribution in [2.45, 2.75) is 57.4 Å². The molecule has 0 bridgehead atoms.